The molecule has 158 valence electrons. The van der Waals surface area contributed by atoms with Crippen molar-refractivity contribution in [2.24, 2.45) is 39.9 Å². The standard InChI is InChI=1S/C23H36O5/c1-19-6-4-13-12-22(13,19)18(25)11-15-14(19)10-17(24)20(2)16(5-7-23(15,20)26)21(3)27-8-9-28-21/h13-18,24-26H,4-12H2,1-3H3/t13?,14-,15+,16-,17+,18+,19+,20-,22-,23-/m0/s1. The third-order valence-electron chi connectivity index (χ3n) is 11.4. The van der Waals surface area contributed by atoms with Gasteiger partial charge in [-0.2, -0.15) is 0 Å². The summed E-state index contributed by atoms with van der Waals surface area (Å²) in [7, 11) is 0. The van der Waals surface area contributed by atoms with Crippen LogP contribution in [0.5, 0.6) is 0 Å². The van der Waals surface area contributed by atoms with E-state index >= 15 is 0 Å². The van der Waals surface area contributed by atoms with E-state index in [4.69, 9.17) is 9.47 Å². The number of fused-ring (bicyclic) bond motifs is 4. The molecule has 0 aromatic rings. The number of aliphatic hydroxyl groups excluding tert-OH is 2. The van der Waals surface area contributed by atoms with Crippen LogP contribution in [-0.4, -0.2) is 52.1 Å². The lowest BCUT2D eigenvalue weighted by molar-refractivity contribution is -0.289. The van der Waals surface area contributed by atoms with Crippen molar-refractivity contribution in [2.75, 3.05) is 13.2 Å². The number of ether oxygens (including phenoxy) is 2. The molecule has 10 atom stereocenters. The molecule has 6 fully saturated rings. The Hall–Kier alpha value is -0.200. The Morgan fingerprint density at radius 2 is 1.54 bits per heavy atom. The van der Waals surface area contributed by atoms with E-state index in [1.165, 1.54) is 6.42 Å². The highest BCUT2D eigenvalue weighted by molar-refractivity contribution is 5.29. The third kappa shape index (κ3) is 1.73. The van der Waals surface area contributed by atoms with E-state index in [-0.39, 0.29) is 34.7 Å². The molecule has 1 spiro atoms. The maximum atomic E-state index is 12.2. The van der Waals surface area contributed by atoms with Gasteiger partial charge in [-0.05, 0) is 75.0 Å². The highest BCUT2D eigenvalue weighted by Crippen LogP contribution is 2.82. The average Bonchev–Trinajstić information content (AvgIpc) is 2.91. The highest BCUT2D eigenvalue weighted by atomic mass is 16.7. The second-order valence-electron chi connectivity index (χ2n) is 11.6. The largest absolute Gasteiger partial charge is 0.393 e. The lowest BCUT2D eigenvalue weighted by Gasteiger charge is -2.65. The summed E-state index contributed by atoms with van der Waals surface area (Å²) in [5, 5.41) is 35.1. The lowest BCUT2D eigenvalue weighted by atomic mass is 9.43. The summed E-state index contributed by atoms with van der Waals surface area (Å²) in [6, 6.07) is 0. The molecule has 0 aromatic carbocycles. The van der Waals surface area contributed by atoms with E-state index in [2.05, 4.69) is 13.8 Å². The predicted molar refractivity (Wildman–Crippen MR) is 102 cm³/mol. The molecule has 1 heterocycles. The first-order valence-electron chi connectivity index (χ1n) is 11.5. The van der Waals surface area contributed by atoms with Crippen molar-refractivity contribution >= 4 is 0 Å². The summed E-state index contributed by atoms with van der Waals surface area (Å²) in [6.45, 7) is 7.55. The Balaban J connectivity index is 1.43. The van der Waals surface area contributed by atoms with E-state index in [9.17, 15) is 15.3 Å². The van der Waals surface area contributed by atoms with Crippen LogP contribution in [0.1, 0.15) is 65.7 Å². The molecule has 6 rings (SSSR count). The molecular formula is C23H36O5. The Labute approximate surface area is 167 Å². The fourth-order valence-corrected chi connectivity index (χ4v) is 9.81. The van der Waals surface area contributed by atoms with Crippen molar-refractivity contribution in [3.05, 3.63) is 0 Å². The van der Waals surface area contributed by atoms with Gasteiger partial charge in [0.2, 0.25) is 0 Å². The van der Waals surface area contributed by atoms with Gasteiger partial charge in [-0.3, -0.25) is 0 Å². The number of rotatable bonds is 1. The van der Waals surface area contributed by atoms with Crippen LogP contribution in [0, 0.1) is 39.9 Å². The van der Waals surface area contributed by atoms with Crippen LogP contribution in [-0.2, 0) is 9.47 Å². The molecular weight excluding hydrogens is 356 g/mol. The molecule has 5 heteroatoms. The summed E-state index contributed by atoms with van der Waals surface area (Å²) < 4.78 is 12.0. The molecule has 0 bridgehead atoms. The highest BCUT2D eigenvalue weighted by Gasteiger charge is 2.80. The quantitative estimate of drug-likeness (QED) is 0.639. The Kier molecular flexibility index (Phi) is 3.42. The molecule has 28 heavy (non-hydrogen) atoms. The average molecular weight is 393 g/mol. The lowest BCUT2D eigenvalue weighted by Crippen LogP contribution is -2.69. The minimum Gasteiger partial charge on any atom is -0.393 e. The maximum absolute atomic E-state index is 12.2. The fraction of sp³-hybridized carbons (Fsp3) is 1.00. The second-order valence-corrected chi connectivity index (χ2v) is 11.6. The van der Waals surface area contributed by atoms with E-state index < -0.39 is 22.9 Å². The van der Waals surface area contributed by atoms with Crippen molar-refractivity contribution in [3.8, 4) is 0 Å². The maximum Gasteiger partial charge on any atom is 0.169 e. The zero-order valence-electron chi connectivity index (χ0n) is 17.5. The van der Waals surface area contributed by atoms with Crippen molar-refractivity contribution in [2.45, 2.75) is 89.3 Å². The fourth-order valence-electron chi connectivity index (χ4n) is 9.81. The van der Waals surface area contributed by atoms with Gasteiger partial charge in [0.1, 0.15) is 0 Å². The van der Waals surface area contributed by atoms with Crippen LogP contribution in [0.3, 0.4) is 0 Å². The van der Waals surface area contributed by atoms with Gasteiger partial charge in [0.05, 0.1) is 31.0 Å². The molecule has 1 aliphatic heterocycles. The summed E-state index contributed by atoms with van der Waals surface area (Å²) in [4.78, 5) is 0. The summed E-state index contributed by atoms with van der Waals surface area (Å²) >= 11 is 0. The minimum atomic E-state index is -0.975. The van der Waals surface area contributed by atoms with Crippen LogP contribution >= 0.6 is 0 Å². The Morgan fingerprint density at radius 1 is 0.857 bits per heavy atom. The predicted octanol–water partition coefficient (Wildman–Crippen LogP) is 2.46. The van der Waals surface area contributed by atoms with Crippen LogP contribution < -0.4 is 0 Å². The molecule has 1 saturated heterocycles. The van der Waals surface area contributed by atoms with Gasteiger partial charge in [-0.1, -0.05) is 13.8 Å². The Morgan fingerprint density at radius 3 is 2.21 bits per heavy atom. The molecule has 0 radical (unpaired) electrons. The zero-order valence-corrected chi connectivity index (χ0v) is 17.5. The van der Waals surface area contributed by atoms with Crippen LogP contribution in [0.15, 0.2) is 0 Å². The topological polar surface area (TPSA) is 79.2 Å². The monoisotopic (exact) mass is 392 g/mol. The molecule has 5 saturated carbocycles. The van der Waals surface area contributed by atoms with Gasteiger partial charge in [0, 0.05) is 16.7 Å². The van der Waals surface area contributed by atoms with Crippen molar-refractivity contribution < 1.29 is 24.8 Å². The zero-order chi connectivity index (χ0) is 19.7. The van der Waals surface area contributed by atoms with Crippen LogP contribution in [0.25, 0.3) is 0 Å². The molecule has 5 aliphatic carbocycles. The second kappa shape index (κ2) is 5.16. The van der Waals surface area contributed by atoms with Crippen molar-refractivity contribution in [3.63, 3.8) is 0 Å². The van der Waals surface area contributed by atoms with E-state index in [1.54, 1.807) is 0 Å². The SMILES string of the molecule is CC1([C@H]2CC[C@]3(O)[C@@H]4C[C@@H](O)[C@]56CC5CC[C@]6(C)[C@H]4C[C@@H](O)[C@]23C)OCCO1. The van der Waals surface area contributed by atoms with Gasteiger partial charge in [0.25, 0.3) is 0 Å². The number of aliphatic hydroxyl groups is 3. The summed E-state index contributed by atoms with van der Waals surface area (Å²) in [5.74, 6) is 0.209. The van der Waals surface area contributed by atoms with Crippen LogP contribution in [0.4, 0.5) is 0 Å². The molecule has 1 unspecified atom stereocenters. The first-order valence-corrected chi connectivity index (χ1v) is 11.5. The van der Waals surface area contributed by atoms with Crippen molar-refractivity contribution in [1.29, 1.82) is 0 Å². The summed E-state index contributed by atoms with van der Waals surface area (Å²) in [5.41, 5.74) is -1.55. The first kappa shape index (κ1) is 18.6. The van der Waals surface area contributed by atoms with Gasteiger partial charge in [0.15, 0.2) is 5.79 Å². The van der Waals surface area contributed by atoms with Crippen molar-refractivity contribution in [1.82, 2.24) is 0 Å². The minimum absolute atomic E-state index is 0.0402. The smallest absolute Gasteiger partial charge is 0.169 e. The molecule has 5 nitrogen and oxygen atoms in total. The van der Waals surface area contributed by atoms with E-state index in [0.29, 0.717) is 32.0 Å². The summed E-state index contributed by atoms with van der Waals surface area (Å²) in [6.07, 6.45) is 5.45. The third-order valence-corrected chi connectivity index (χ3v) is 11.4. The van der Waals surface area contributed by atoms with E-state index in [0.717, 1.165) is 25.7 Å². The van der Waals surface area contributed by atoms with E-state index in [1.807, 2.05) is 6.92 Å². The molecule has 6 aliphatic rings. The van der Waals surface area contributed by atoms with Gasteiger partial charge >= 0.3 is 0 Å². The van der Waals surface area contributed by atoms with Gasteiger partial charge in [-0.15, -0.1) is 0 Å². The normalized spacial score (nSPS) is 64.1. The van der Waals surface area contributed by atoms with Gasteiger partial charge in [-0.25, -0.2) is 0 Å². The number of hydrogen-bond donors (Lipinski definition) is 3. The van der Waals surface area contributed by atoms with Gasteiger partial charge < -0.3 is 24.8 Å². The van der Waals surface area contributed by atoms with Crippen LogP contribution in [0.2, 0.25) is 0 Å². The number of hydrogen-bond acceptors (Lipinski definition) is 5. The Bertz CT molecular complexity index is 705. The molecule has 3 N–H and O–H groups in total. The first-order chi connectivity index (χ1) is 13.1. The molecule has 0 amide bonds. The molecule has 0 aromatic heterocycles.